The minimum Gasteiger partial charge on any atom is -0.449 e. The van der Waals surface area contributed by atoms with Crippen molar-refractivity contribution in [1.29, 1.82) is 0 Å². The number of hydrogen-bond donors (Lipinski definition) is 0. The number of rotatable bonds is 3. The van der Waals surface area contributed by atoms with E-state index in [1.165, 1.54) is 4.90 Å². The number of benzene rings is 2. The quantitative estimate of drug-likeness (QED) is 0.685. The molecule has 0 radical (unpaired) electrons. The lowest BCUT2D eigenvalue weighted by atomic mass is 10.1. The van der Waals surface area contributed by atoms with Gasteiger partial charge in [0.2, 0.25) is 5.91 Å². The van der Waals surface area contributed by atoms with E-state index in [-0.39, 0.29) is 24.1 Å². The molecule has 0 atom stereocenters. The van der Waals surface area contributed by atoms with Crippen LogP contribution in [0.25, 0.3) is 6.08 Å². The Morgan fingerprint density at radius 1 is 1.07 bits per heavy atom. The number of carbonyl (C=O) groups is 2. The van der Waals surface area contributed by atoms with Gasteiger partial charge in [0.25, 0.3) is 5.91 Å². The van der Waals surface area contributed by atoms with E-state index in [1.54, 1.807) is 23.1 Å². The largest absolute Gasteiger partial charge is 0.449 e. The van der Waals surface area contributed by atoms with Gasteiger partial charge in [0.05, 0.1) is 18.9 Å². The lowest BCUT2D eigenvalue weighted by molar-refractivity contribution is -0.135. The van der Waals surface area contributed by atoms with Crippen molar-refractivity contribution < 1.29 is 19.1 Å². The molecule has 0 N–H and O–H groups in total. The molecule has 0 aromatic heterocycles. The number of para-hydroxylation sites is 2. The minimum absolute atomic E-state index is 0.0352. The second-order valence-electron chi connectivity index (χ2n) is 6.48. The lowest BCUT2D eigenvalue weighted by Crippen LogP contribution is -2.48. The first-order chi connectivity index (χ1) is 13.6. The van der Waals surface area contributed by atoms with Crippen molar-refractivity contribution in [3.05, 3.63) is 64.3 Å². The van der Waals surface area contributed by atoms with Crippen molar-refractivity contribution in [3.63, 3.8) is 0 Å². The number of nitrogens with zero attached hydrogens (tertiary/aromatic N) is 2. The van der Waals surface area contributed by atoms with Gasteiger partial charge in [0.1, 0.15) is 6.54 Å². The molecule has 7 heteroatoms. The van der Waals surface area contributed by atoms with Crippen molar-refractivity contribution in [3.8, 4) is 5.75 Å². The second kappa shape index (κ2) is 8.16. The molecule has 6 nitrogen and oxygen atoms in total. The number of amides is 2. The number of fused-ring (bicyclic) bond motifs is 1. The van der Waals surface area contributed by atoms with Gasteiger partial charge in [0, 0.05) is 17.6 Å². The number of halogens is 1. The zero-order valence-electron chi connectivity index (χ0n) is 15.1. The molecule has 28 heavy (non-hydrogen) atoms. The molecule has 2 aromatic rings. The molecule has 0 spiro atoms. The van der Waals surface area contributed by atoms with Crippen molar-refractivity contribution >= 4 is 39.5 Å². The molecular formula is C21H19BrN2O4. The Kier molecular flexibility index (Phi) is 5.45. The number of ether oxygens (including phenoxy) is 2. The number of carbonyl (C=O) groups excluding carboxylic acids is 2. The van der Waals surface area contributed by atoms with Gasteiger partial charge < -0.3 is 14.4 Å². The molecule has 2 aliphatic rings. The molecule has 1 saturated heterocycles. The zero-order valence-corrected chi connectivity index (χ0v) is 16.7. The van der Waals surface area contributed by atoms with Crippen molar-refractivity contribution in [2.24, 2.45) is 0 Å². The third-order valence-electron chi connectivity index (χ3n) is 4.68. The average Bonchev–Trinajstić information content (AvgIpc) is 2.73. The van der Waals surface area contributed by atoms with E-state index in [1.807, 2.05) is 36.4 Å². The highest BCUT2D eigenvalue weighted by atomic mass is 79.9. The summed E-state index contributed by atoms with van der Waals surface area (Å²) >= 11 is 3.48. The molecule has 4 rings (SSSR count). The topological polar surface area (TPSA) is 59.1 Å². The molecule has 1 fully saturated rings. The van der Waals surface area contributed by atoms with Crippen LogP contribution in [-0.4, -0.2) is 49.6 Å². The Morgan fingerprint density at radius 3 is 2.57 bits per heavy atom. The summed E-state index contributed by atoms with van der Waals surface area (Å²) < 4.78 is 12.0. The third-order valence-corrected chi connectivity index (χ3v) is 5.40. The Hall–Kier alpha value is -2.64. The molecular weight excluding hydrogens is 424 g/mol. The van der Waals surface area contributed by atoms with Crippen LogP contribution in [0.1, 0.15) is 5.56 Å². The van der Waals surface area contributed by atoms with E-state index in [0.717, 1.165) is 10.0 Å². The van der Waals surface area contributed by atoms with Crippen LogP contribution >= 0.6 is 15.9 Å². The summed E-state index contributed by atoms with van der Waals surface area (Å²) in [4.78, 5) is 29.1. The highest BCUT2D eigenvalue weighted by Gasteiger charge is 2.33. The normalized spacial score (nSPS) is 18.0. The fourth-order valence-electron chi connectivity index (χ4n) is 3.20. The summed E-state index contributed by atoms with van der Waals surface area (Å²) in [7, 11) is 0. The third kappa shape index (κ3) is 3.81. The van der Waals surface area contributed by atoms with Crippen molar-refractivity contribution in [2.75, 3.05) is 37.7 Å². The molecule has 2 aromatic carbocycles. The second-order valence-corrected chi connectivity index (χ2v) is 7.34. The van der Waals surface area contributed by atoms with E-state index in [2.05, 4.69) is 15.9 Å². The first-order valence-electron chi connectivity index (χ1n) is 9.04. The number of morpholine rings is 1. The highest BCUT2D eigenvalue weighted by Crippen LogP contribution is 2.36. The predicted molar refractivity (Wildman–Crippen MR) is 109 cm³/mol. The summed E-state index contributed by atoms with van der Waals surface area (Å²) in [6.07, 6.45) is 1.69. The maximum atomic E-state index is 13.1. The highest BCUT2D eigenvalue weighted by molar-refractivity contribution is 9.10. The van der Waals surface area contributed by atoms with Gasteiger partial charge in [-0.1, -0.05) is 46.3 Å². The van der Waals surface area contributed by atoms with Crippen LogP contribution in [0.3, 0.4) is 0 Å². The van der Waals surface area contributed by atoms with Crippen molar-refractivity contribution in [2.45, 2.75) is 0 Å². The number of anilines is 1. The molecule has 144 valence electrons. The predicted octanol–water partition coefficient (Wildman–Crippen LogP) is 3.07. The first-order valence-corrected chi connectivity index (χ1v) is 9.83. The van der Waals surface area contributed by atoms with Gasteiger partial charge in [-0.3, -0.25) is 14.5 Å². The molecule has 0 bridgehead atoms. The minimum atomic E-state index is -0.337. The molecule has 0 saturated carbocycles. The summed E-state index contributed by atoms with van der Waals surface area (Å²) in [6, 6.07) is 14.8. The average molecular weight is 443 g/mol. The van der Waals surface area contributed by atoms with Crippen molar-refractivity contribution in [1.82, 2.24) is 4.90 Å². The fraction of sp³-hybridized carbons (Fsp3) is 0.238. The summed E-state index contributed by atoms with van der Waals surface area (Å²) in [5.74, 6) is 0.292. The van der Waals surface area contributed by atoms with E-state index in [0.29, 0.717) is 37.7 Å². The van der Waals surface area contributed by atoms with Gasteiger partial charge in [0.15, 0.2) is 11.5 Å². The SMILES string of the molecule is O=C(CN1C(=O)/C(=C\c2ccccc2Br)Oc2ccccc21)N1CCOCC1. The van der Waals surface area contributed by atoms with E-state index in [9.17, 15) is 9.59 Å². The van der Waals surface area contributed by atoms with Crippen LogP contribution < -0.4 is 9.64 Å². The standard InChI is InChI=1S/C21H19BrN2O4/c22-16-6-2-1-5-15(16)13-19-21(26)24(17-7-3-4-8-18(17)28-19)14-20(25)23-9-11-27-12-10-23/h1-8,13H,9-12,14H2/b19-13+. The maximum Gasteiger partial charge on any atom is 0.294 e. The smallest absolute Gasteiger partial charge is 0.294 e. The molecule has 2 aliphatic heterocycles. The Balaban J connectivity index is 1.65. The van der Waals surface area contributed by atoms with Gasteiger partial charge in [-0.25, -0.2) is 0 Å². The van der Waals surface area contributed by atoms with Crippen LogP contribution in [0.4, 0.5) is 5.69 Å². The monoisotopic (exact) mass is 442 g/mol. The van der Waals surface area contributed by atoms with E-state index >= 15 is 0 Å². The maximum absolute atomic E-state index is 13.1. The summed E-state index contributed by atoms with van der Waals surface area (Å²) in [5.41, 5.74) is 1.42. The lowest BCUT2D eigenvalue weighted by Gasteiger charge is -2.33. The Labute approximate surface area is 171 Å². The van der Waals surface area contributed by atoms with Crippen LogP contribution in [0.15, 0.2) is 58.8 Å². The molecule has 2 amide bonds. The molecule has 0 unspecified atom stereocenters. The van der Waals surface area contributed by atoms with Crippen LogP contribution in [0, 0.1) is 0 Å². The van der Waals surface area contributed by atoms with Crippen LogP contribution in [0.5, 0.6) is 5.75 Å². The molecule has 2 heterocycles. The Morgan fingerprint density at radius 2 is 1.79 bits per heavy atom. The summed E-state index contributed by atoms with van der Waals surface area (Å²) in [6.45, 7) is 2.09. The molecule has 0 aliphatic carbocycles. The van der Waals surface area contributed by atoms with Crippen LogP contribution in [-0.2, 0) is 14.3 Å². The summed E-state index contributed by atoms with van der Waals surface area (Å²) in [5, 5.41) is 0. The van der Waals surface area contributed by atoms with Gasteiger partial charge in [-0.15, -0.1) is 0 Å². The first kappa shape index (κ1) is 18.7. The zero-order chi connectivity index (χ0) is 19.5. The van der Waals surface area contributed by atoms with Gasteiger partial charge in [-0.2, -0.15) is 0 Å². The number of hydrogen-bond acceptors (Lipinski definition) is 4. The fourth-order valence-corrected chi connectivity index (χ4v) is 3.60. The van der Waals surface area contributed by atoms with Gasteiger partial charge >= 0.3 is 0 Å². The van der Waals surface area contributed by atoms with Gasteiger partial charge in [-0.05, 0) is 29.8 Å². The van der Waals surface area contributed by atoms with E-state index < -0.39 is 0 Å². The Bertz CT molecular complexity index is 938. The van der Waals surface area contributed by atoms with E-state index in [4.69, 9.17) is 9.47 Å². The van der Waals surface area contributed by atoms with Crippen LogP contribution in [0.2, 0.25) is 0 Å².